The molecule has 1 aliphatic rings. The molecule has 8 heteroatoms. The number of anilines is 1. The van der Waals surface area contributed by atoms with E-state index in [2.05, 4.69) is 10.3 Å². The molecular formula is C18H20ClN3O3S. The van der Waals surface area contributed by atoms with E-state index in [1.54, 1.807) is 24.4 Å². The van der Waals surface area contributed by atoms with Crippen molar-refractivity contribution in [3.63, 3.8) is 0 Å². The number of nitrogens with one attached hydrogen (secondary N) is 1. The van der Waals surface area contributed by atoms with E-state index >= 15 is 0 Å². The predicted octanol–water partition coefficient (Wildman–Crippen LogP) is 2.64. The highest BCUT2D eigenvalue weighted by atomic mass is 35.5. The molecule has 138 valence electrons. The summed E-state index contributed by atoms with van der Waals surface area (Å²) in [6.07, 6.45) is 3.75. The number of rotatable bonds is 5. The first kappa shape index (κ1) is 18.7. The van der Waals surface area contributed by atoms with Gasteiger partial charge in [-0.1, -0.05) is 17.7 Å². The molecule has 0 spiro atoms. The van der Waals surface area contributed by atoms with Gasteiger partial charge in [-0.25, -0.2) is 8.42 Å². The molecule has 26 heavy (non-hydrogen) atoms. The van der Waals surface area contributed by atoms with Gasteiger partial charge in [0.1, 0.15) is 0 Å². The quantitative estimate of drug-likeness (QED) is 0.846. The molecule has 1 aromatic carbocycles. The molecule has 0 radical (unpaired) electrons. The molecule has 0 saturated carbocycles. The summed E-state index contributed by atoms with van der Waals surface area (Å²) in [5.41, 5.74) is 1.64. The standard InChI is InChI=1S/C18H20ClN3O3S/c19-16-7-6-14(13-17(16)22-11-3-4-12-26(22,24)25)18(23)21-10-8-15-5-1-2-9-20-15/h1-2,5-7,9,13H,3-4,8,10-12H2,(H,21,23). The van der Waals surface area contributed by atoms with Crippen molar-refractivity contribution in [1.29, 1.82) is 0 Å². The van der Waals surface area contributed by atoms with Gasteiger partial charge in [0.2, 0.25) is 10.0 Å². The fraction of sp³-hybridized carbons (Fsp3) is 0.333. The van der Waals surface area contributed by atoms with Crippen molar-refractivity contribution >= 4 is 33.2 Å². The summed E-state index contributed by atoms with van der Waals surface area (Å²) in [5.74, 6) is -0.169. The normalized spacial score (nSPS) is 16.3. The second kappa shape index (κ2) is 8.05. The van der Waals surface area contributed by atoms with Gasteiger partial charge in [-0.05, 0) is 43.2 Å². The van der Waals surface area contributed by atoms with Gasteiger partial charge in [0, 0.05) is 37.0 Å². The lowest BCUT2D eigenvalue weighted by molar-refractivity contribution is 0.0954. The SMILES string of the molecule is O=C(NCCc1ccccn1)c1ccc(Cl)c(N2CCCCS2(=O)=O)c1. The Kier molecular flexibility index (Phi) is 5.78. The lowest BCUT2D eigenvalue weighted by Crippen LogP contribution is -2.38. The van der Waals surface area contributed by atoms with E-state index in [0.717, 1.165) is 12.1 Å². The van der Waals surface area contributed by atoms with Gasteiger partial charge in [-0.2, -0.15) is 0 Å². The van der Waals surface area contributed by atoms with Crippen LogP contribution in [0.5, 0.6) is 0 Å². The molecule has 0 atom stereocenters. The van der Waals surface area contributed by atoms with Crippen molar-refractivity contribution in [3.8, 4) is 0 Å². The molecule has 2 aromatic rings. The zero-order chi connectivity index (χ0) is 18.6. The number of nitrogens with zero attached hydrogens (tertiary/aromatic N) is 2. The predicted molar refractivity (Wildman–Crippen MR) is 102 cm³/mol. The van der Waals surface area contributed by atoms with Crippen LogP contribution in [0.3, 0.4) is 0 Å². The Morgan fingerprint density at radius 1 is 1.23 bits per heavy atom. The largest absolute Gasteiger partial charge is 0.352 e. The van der Waals surface area contributed by atoms with Gasteiger partial charge in [0.15, 0.2) is 0 Å². The van der Waals surface area contributed by atoms with Gasteiger partial charge in [-0.3, -0.25) is 14.1 Å². The third-order valence-electron chi connectivity index (χ3n) is 4.22. The second-order valence-corrected chi connectivity index (χ2v) is 8.51. The summed E-state index contributed by atoms with van der Waals surface area (Å²) in [6.45, 7) is 0.822. The first-order chi connectivity index (χ1) is 12.5. The number of pyridine rings is 1. The number of amides is 1. The number of hydrogen-bond acceptors (Lipinski definition) is 4. The number of benzene rings is 1. The minimum Gasteiger partial charge on any atom is -0.352 e. The van der Waals surface area contributed by atoms with Crippen molar-refractivity contribution in [3.05, 3.63) is 58.9 Å². The number of carbonyl (C=O) groups excluding carboxylic acids is 1. The zero-order valence-electron chi connectivity index (χ0n) is 14.2. The molecule has 2 heterocycles. The molecule has 1 saturated heterocycles. The lowest BCUT2D eigenvalue weighted by atomic mass is 10.1. The van der Waals surface area contributed by atoms with Crippen LogP contribution in [0.2, 0.25) is 5.02 Å². The fourth-order valence-electron chi connectivity index (χ4n) is 2.86. The van der Waals surface area contributed by atoms with Gasteiger partial charge in [0.05, 0.1) is 16.5 Å². The maximum absolute atomic E-state index is 12.4. The minimum atomic E-state index is -3.39. The zero-order valence-corrected chi connectivity index (χ0v) is 15.8. The molecule has 1 amide bonds. The van der Waals surface area contributed by atoms with Crippen molar-refractivity contribution in [1.82, 2.24) is 10.3 Å². The highest BCUT2D eigenvalue weighted by Crippen LogP contribution is 2.31. The first-order valence-corrected chi connectivity index (χ1v) is 10.4. The van der Waals surface area contributed by atoms with E-state index in [4.69, 9.17) is 11.6 Å². The minimum absolute atomic E-state index is 0.101. The van der Waals surface area contributed by atoms with Crippen LogP contribution in [0.4, 0.5) is 5.69 Å². The van der Waals surface area contributed by atoms with Crippen molar-refractivity contribution in [2.45, 2.75) is 19.3 Å². The van der Waals surface area contributed by atoms with Gasteiger partial charge < -0.3 is 5.32 Å². The summed E-state index contributed by atoms with van der Waals surface area (Å²) in [5, 5.41) is 3.15. The Bertz CT molecular complexity index is 888. The van der Waals surface area contributed by atoms with E-state index in [1.807, 2.05) is 18.2 Å². The number of hydrogen-bond donors (Lipinski definition) is 1. The van der Waals surface area contributed by atoms with Gasteiger partial charge in [0.25, 0.3) is 5.91 Å². The Morgan fingerprint density at radius 2 is 2.08 bits per heavy atom. The molecule has 6 nitrogen and oxygen atoms in total. The Balaban J connectivity index is 1.71. The van der Waals surface area contributed by atoms with Crippen LogP contribution in [0.15, 0.2) is 42.6 Å². The van der Waals surface area contributed by atoms with Crippen LogP contribution in [-0.4, -0.2) is 38.2 Å². The third kappa shape index (κ3) is 4.34. The topological polar surface area (TPSA) is 79.4 Å². The molecule has 3 rings (SSSR count). The molecule has 1 aliphatic heterocycles. The Morgan fingerprint density at radius 3 is 2.81 bits per heavy atom. The van der Waals surface area contributed by atoms with Gasteiger partial charge >= 0.3 is 0 Å². The highest BCUT2D eigenvalue weighted by Gasteiger charge is 2.28. The number of sulfonamides is 1. The van der Waals surface area contributed by atoms with Crippen molar-refractivity contribution < 1.29 is 13.2 Å². The van der Waals surface area contributed by atoms with Crippen LogP contribution in [-0.2, 0) is 16.4 Å². The molecule has 1 N–H and O–H groups in total. The van der Waals surface area contributed by atoms with Crippen LogP contribution in [0.25, 0.3) is 0 Å². The molecule has 1 aromatic heterocycles. The molecule has 0 unspecified atom stereocenters. The van der Waals surface area contributed by atoms with E-state index in [1.165, 1.54) is 4.31 Å². The second-order valence-electron chi connectivity index (χ2n) is 6.09. The number of carbonyl (C=O) groups is 1. The summed E-state index contributed by atoms with van der Waals surface area (Å²) in [7, 11) is -3.39. The van der Waals surface area contributed by atoms with Crippen molar-refractivity contribution in [2.24, 2.45) is 0 Å². The smallest absolute Gasteiger partial charge is 0.251 e. The number of halogens is 1. The highest BCUT2D eigenvalue weighted by molar-refractivity contribution is 7.92. The molecular weight excluding hydrogens is 374 g/mol. The van der Waals surface area contributed by atoms with E-state index in [9.17, 15) is 13.2 Å². The first-order valence-electron chi connectivity index (χ1n) is 8.45. The van der Waals surface area contributed by atoms with E-state index < -0.39 is 10.0 Å². The van der Waals surface area contributed by atoms with Crippen molar-refractivity contribution in [2.75, 3.05) is 23.1 Å². The Labute approximate surface area is 158 Å². The molecule has 0 bridgehead atoms. The summed E-state index contributed by atoms with van der Waals surface area (Å²) in [6, 6.07) is 10.3. The van der Waals surface area contributed by atoms with Crippen LogP contribution in [0.1, 0.15) is 28.9 Å². The van der Waals surface area contributed by atoms with E-state index in [0.29, 0.717) is 42.2 Å². The maximum atomic E-state index is 12.4. The average molecular weight is 394 g/mol. The average Bonchev–Trinajstić information content (AvgIpc) is 2.63. The lowest BCUT2D eigenvalue weighted by Gasteiger charge is -2.29. The molecule has 0 aliphatic carbocycles. The summed E-state index contributed by atoms with van der Waals surface area (Å²) >= 11 is 6.20. The monoisotopic (exact) mass is 393 g/mol. The van der Waals surface area contributed by atoms with E-state index in [-0.39, 0.29) is 11.7 Å². The maximum Gasteiger partial charge on any atom is 0.251 e. The fourth-order valence-corrected chi connectivity index (χ4v) is 4.77. The number of aromatic nitrogens is 1. The summed E-state index contributed by atoms with van der Waals surface area (Å²) < 4.78 is 25.9. The van der Waals surface area contributed by atoms with Crippen LogP contribution >= 0.6 is 11.6 Å². The molecule has 1 fully saturated rings. The van der Waals surface area contributed by atoms with Gasteiger partial charge in [-0.15, -0.1) is 0 Å². The van der Waals surface area contributed by atoms with Crippen LogP contribution in [0, 0.1) is 0 Å². The summed E-state index contributed by atoms with van der Waals surface area (Å²) in [4.78, 5) is 16.6. The Hall–Kier alpha value is -2.12. The third-order valence-corrected chi connectivity index (χ3v) is 6.39. The van der Waals surface area contributed by atoms with Crippen LogP contribution < -0.4 is 9.62 Å².